The second-order valence-corrected chi connectivity index (χ2v) is 6.95. The van der Waals surface area contributed by atoms with E-state index in [4.69, 9.17) is 0 Å². The standard InChI is InChI=1S/C23H15F4N5O/c1-13-30-12-19(20(31-13)14-6-3-2-4-7-14)32-22(33)16-10-15(21-28-8-5-9-29-21)17(11-18(16)24)23(25,26)27/h2-12H,1H3,(H,32,33). The van der Waals surface area contributed by atoms with E-state index in [1.165, 1.54) is 24.7 Å². The van der Waals surface area contributed by atoms with Gasteiger partial charge in [0.25, 0.3) is 5.91 Å². The molecule has 0 radical (unpaired) electrons. The Kier molecular flexibility index (Phi) is 5.82. The van der Waals surface area contributed by atoms with Gasteiger partial charge in [-0.15, -0.1) is 0 Å². The van der Waals surface area contributed by atoms with Crippen molar-refractivity contribution in [2.24, 2.45) is 0 Å². The van der Waals surface area contributed by atoms with Gasteiger partial charge in [-0.25, -0.2) is 24.3 Å². The van der Waals surface area contributed by atoms with Gasteiger partial charge in [-0.1, -0.05) is 30.3 Å². The third-order valence-corrected chi connectivity index (χ3v) is 4.67. The molecule has 4 rings (SSSR count). The fourth-order valence-electron chi connectivity index (χ4n) is 3.17. The van der Waals surface area contributed by atoms with Crippen LogP contribution in [0.15, 0.2) is 67.1 Å². The molecule has 0 saturated carbocycles. The molecule has 166 valence electrons. The summed E-state index contributed by atoms with van der Waals surface area (Å²) >= 11 is 0. The van der Waals surface area contributed by atoms with Gasteiger partial charge in [0, 0.05) is 23.5 Å². The highest BCUT2D eigenvalue weighted by atomic mass is 19.4. The minimum Gasteiger partial charge on any atom is -0.319 e. The van der Waals surface area contributed by atoms with Crippen LogP contribution in [0.5, 0.6) is 0 Å². The first-order chi connectivity index (χ1) is 15.7. The van der Waals surface area contributed by atoms with Crippen LogP contribution in [0, 0.1) is 12.7 Å². The Morgan fingerprint density at radius 3 is 2.33 bits per heavy atom. The molecule has 1 N–H and O–H groups in total. The summed E-state index contributed by atoms with van der Waals surface area (Å²) in [7, 11) is 0. The third-order valence-electron chi connectivity index (χ3n) is 4.67. The molecule has 0 aliphatic heterocycles. The summed E-state index contributed by atoms with van der Waals surface area (Å²) in [6.07, 6.45) is -1.02. The molecule has 33 heavy (non-hydrogen) atoms. The van der Waals surface area contributed by atoms with Gasteiger partial charge in [-0.2, -0.15) is 13.2 Å². The van der Waals surface area contributed by atoms with E-state index in [1.54, 1.807) is 37.3 Å². The molecule has 0 aliphatic carbocycles. The van der Waals surface area contributed by atoms with Crippen LogP contribution in [0.1, 0.15) is 21.7 Å². The fraction of sp³-hybridized carbons (Fsp3) is 0.0870. The lowest BCUT2D eigenvalue weighted by Gasteiger charge is -2.15. The second kappa shape index (κ2) is 8.73. The van der Waals surface area contributed by atoms with Crippen molar-refractivity contribution in [3.8, 4) is 22.6 Å². The molecule has 4 aromatic rings. The molecule has 1 amide bonds. The predicted octanol–water partition coefficient (Wildman–Crippen LogP) is 5.32. The van der Waals surface area contributed by atoms with Gasteiger partial charge in [0.15, 0.2) is 5.82 Å². The number of nitrogens with zero attached hydrogens (tertiary/aromatic N) is 4. The van der Waals surface area contributed by atoms with Gasteiger partial charge in [0.2, 0.25) is 0 Å². The van der Waals surface area contributed by atoms with Crippen molar-refractivity contribution in [1.29, 1.82) is 0 Å². The zero-order valence-electron chi connectivity index (χ0n) is 17.1. The van der Waals surface area contributed by atoms with Crippen molar-refractivity contribution >= 4 is 11.6 Å². The summed E-state index contributed by atoms with van der Waals surface area (Å²) in [5.41, 5.74) is -1.18. The minimum atomic E-state index is -4.88. The van der Waals surface area contributed by atoms with E-state index in [0.717, 1.165) is 6.07 Å². The van der Waals surface area contributed by atoms with Crippen LogP contribution in [0.3, 0.4) is 0 Å². The number of carbonyl (C=O) groups excluding carboxylic acids is 1. The number of benzene rings is 2. The molecule has 0 bridgehead atoms. The summed E-state index contributed by atoms with van der Waals surface area (Å²) in [6.45, 7) is 1.67. The van der Waals surface area contributed by atoms with Gasteiger partial charge in [-0.3, -0.25) is 4.79 Å². The molecule has 2 aromatic heterocycles. The topological polar surface area (TPSA) is 80.7 Å². The molecule has 2 heterocycles. The van der Waals surface area contributed by atoms with E-state index in [1.807, 2.05) is 0 Å². The summed E-state index contributed by atoms with van der Waals surface area (Å²) in [5.74, 6) is -2.16. The van der Waals surface area contributed by atoms with Crippen LogP contribution in [0.25, 0.3) is 22.6 Å². The second-order valence-electron chi connectivity index (χ2n) is 6.95. The third kappa shape index (κ3) is 4.69. The Balaban J connectivity index is 1.78. The maximum absolute atomic E-state index is 14.7. The van der Waals surface area contributed by atoms with Gasteiger partial charge in [-0.05, 0) is 25.1 Å². The number of hydrogen-bond donors (Lipinski definition) is 1. The summed E-state index contributed by atoms with van der Waals surface area (Å²) in [6, 6.07) is 11.4. The van der Waals surface area contributed by atoms with Gasteiger partial charge in [0.05, 0.1) is 28.7 Å². The molecule has 2 aromatic carbocycles. The number of aryl methyl sites for hydroxylation is 1. The zero-order chi connectivity index (χ0) is 23.6. The lowest BCUT2D eigenvalue weighted by atomic mass is 10.0. The summed E-state index contributed by atoms with van der Waals surface area (Å²) < 4.78 is 55.3. The SMILES string of the molecule is Cc1ncc(NC(=O)c2cc(-c3ncccn3)c(C(F)(F)F)cc2F)c(-c2ccccc2)n1. The van der Waals surface area contributed by atoms with Crippen LogP contribution >= 0.6 is 0 Å². The predicted molar refractivity (Wildman–Crippen MR) is 113 cm³/mol. The van der Waals surface area contributed by atoms with Crippen LogP contribution in [-0.4, -0.2) is 25.8 Å². The molecule has 10 heteroatoms. The molecule has 0 saturated heterocycles. The first kappa shape index (κ1) is 22.0. The molecule has 0 atom stereocenters. The number of halogens is 4. The zero-order valence-corrected chi connectivity index (χ0v) is 17.1. The minimum absolute atomic E-state index is 0.175. The Morgan fingerprint density at radius 1 is 0.970 bits per heavy atom. The van der Waals surface area contributed by atoms with Crippen LogP contribution in [0.4, 0.5) is 23.2 Å². The van der Waals surface area contributed by atoms with Crippen molar-refractivity contribution in [3.63, 3.8) is 0 Å². The van der Waals surface area contributed by atoms with Crippen molar-refractivity contribution in [1.82, 2.24) is 19.9 Å². The highest BCUT2D eigenvalue weighted by Gasteiger charge is 2.36. The molecular weight excluding hydrogens is 438 g/mol. The normalized spacial score (nSPS) is 11.3. The maximum atomic E-state index is 14.7. The van der Waals surface area contributed by atoms with Crippen LogP contribution in [-0.2, 0) is 6.18 Å². The molecule has 0 aliphatic rings. The van der Waals surface area contributed by atoms with Gasteiger partial charge in [0.1, 0.15) is 11.6 Å². The number of nitrogens with one attached hydrogen (secondary N) is 1. The van der Waals surface area contributed by atoms with E-state index in [2.05, 4.69) is 25.3 Å². The number of rotatable bonds is 4. The smallest absolute Gasteiger partial charge is 0.319 e. The van der Waals surface area contributed by atoms with E-state index >= 15 is 0 Å². The number of aromatic nitrogens is 4. The van der Waals surface area contributed by atoms with E-state index in [-0.39, 0.29) is 17.6 Å². The Hall–Kier alpha value is -4.21. The Bertz CT molecular complexity index is 1310. The summed E-state index contributed by atoms with van der Waals surface area (Å²) in [4.78, 5) is 28.9. The van der Waals surface area contributed by atoms with Crippen molar-refractivity contribution in [2.45, 2.75) is 13.1 Å². The van der Waals surface area contributed by atoms with Gasteiger partial charge < -0.3 is 5.32 Å². The Morgan fingerprint density at radius 2 is 1.67 bits per heavy atom. The Labute approximate surface area is 185 Å². The van der Waals surface area contributed by atoms with E-state index in [9.17, 15) is 22.4 Å². The van der Waals surface area contributed by atoms with Gasteiger partial charge >= 0.3 is 6.18 Å². The monoisotopic (exact) mass is 453 g/mol. The molecule has 0 fully saturated rings. The van der Waals surface area contributed by atoms with Crippen LogP contribution in [0.2, 0.25) is 0 Å². The maximum Gasteiger partial charge on any atom is 0.417 e. The number of hydrogen-bond acceptors (Lipinski definition) is 5. The number of carbonyl (C=O) groups is 1. The van der Waals surface area contributed by atoms with Crippen molar-refractivity contribution in [3.05, 3.63) is 89.9 Å². The molecule has 6 nitrogen and oxygen atoms in total. The van der Waals surface area contributed by atoms with Crippen molar-refractivity contribution < 1.29 is 22.4 Å². The van der Waals surface area contributed by atoms with E-state index in [0.29, 0.717) is 17.1 Å². The number of amides is 1. The number of alkyl halides is 3. The first-order valence-corrected chi connectivity index (χ1v) is 9.62. The van der Waals surface area contributed by atoms with Crippen molar-refractivity contribution in [2.75, 3.05) is 5.32 Å². The molecular formula is C23H15F4N5O. The molecule has 0 spiro atoms. The average Bonchev–Trinajstić information content (AvgIpc) is 2.80. The summed E-state index contributed by atoms with van der Waals surface area (Å²) in [5, 5.41) is 2.50. The fourth-order valence-corrected chi connectivity index (χ4v) is 3.17. The quantitative estimate of drug-likeness (QED) is 0.423. The highest BCUT2D eigenvalue weighted by Crippen LogP contribution is 2.37. The lowest BCUT2D eigenvalue weighted by Crippen LogP contribution is -2.18. The van der Waals surface area contributed by atoms with E-state index < -0.39 is 34.6 Å². The molecule has 0 unspecified atom stereocenters. The largest absolute Gasteiger partial charge is 0.417 e. The lowest BCUT2D eigenvalue weighted by molar-refractivity contribution is -0.137. The number of anilines is 1. The first-order valence-electron chi connectivity index (χ1n) is 9.62. The average molecular weight is 453 g/mol. The van der Waals surface area contributed by atoms with Crippen LogP contribution < -0.4 is 5.32 Å². The highest BCUT2D eigenvalue weighted by molar-refractivity contribution is 6.06.